The lowest BCUT2D eigenvalue weighted by Crippen LogP contribution is -2.36. The maximum Gasteiger partial charge on any atom is 0.317 e. The minimum Gasteiger partial charge on any atom is -0.378 e. The van der Waals surface area contributed by atoms with E-state index < -0.39 is 0 Å². The molecule has 0 aliphatic heterocycles. The number of nitrogens with zero attached hydrogens (tertiary/aromatic N) is 2. The summed E-state index contributed by atoms with van der Waals surface area (Å²) in [5, 5.41) is 2.92. The Hall–Kier alpha value is -1.72. The lowest BCUT2D eigenvalue weighted by Gasteiger charge is -2.17. The number of carbonyl (C=O) groups excluding carboxylic acids is 1. The van der Waals surface area contributed by atoms with Gasteiger partial charge in [-0.15, -0.1) is 11.3 Å². The van der Waals surface area contributed by atoms with Crippen LogP contribution < -0.4 is 10.2 Å². The zero-order valence-corrected chi connectivity index (χ0v) is 14.5. The quantitative estimate of drug-likeness (QED) is 0.900. The zero-order valence-electron chi connectivity index (χ0n) is 13.0. The number of carbonyl (C=O) groups is 1. The molecule has 22 heavy (non-hydrogen) atoms. The lowest BCUT2D eigenvalue weighted by atomic mass is 10.2. The van der Waals surface area contributed by atoms with E-state index in [0.29, 0.717) is 13.1 Å². The molecule has 4 nitrogen and oxygen atoms in total. The third-order valence-electron chi connectivity index (χ3n) is 3.27. The molecule has 2 aromatic rings. The second-order valence-corrected chi connectivity index (χ2v) is 7.08. The van der Waals surface area contributed by atoms with Gasteiger partial charge in [-0.3, -0.25) is 0 Å². The van der Waals surface area contributed by atoms with E-state index in [2.05, 4.69) is 5.32 Å². The summed E-state index contributed by atoms with van der Waals surface area (Å²) in [5.41, 5.74) is 2.22. The van der Waals surface area contributed by atoms with Crippen LogP contribution in [0.5, 0.6) is 0 Å². The third-order valence-corrected chi connectivity index (χ3v) is 4.48. The smallest absolute Gasteiger partial charge is 0.317 e. The summed E-state index contributed by atoms with van der Waals surface area (Å²) in [7, 11) is 5.78. The van der Waals surface area contributed by atoms with Crippen LogP contribution in [0.25, 0.3) is 0 Å². The van der Waals surface area contributed by atoms with Crippen LogP contribution in [0.4, 0.5) is 10.5 Å². The largest absolute Gasteiger partial charge is 0.378 e. The average Bonchev–Trinajstić information content (AvgIpc) is 2.90. The number of benzene rings is 1. The number of thiophene rings is 1. The molecule has 6 heteroatoms. The fourth-order valence-electron chi connectivity index (χ4n) is 1.97. The molecule has 0 aliphatic rings. The SMILES string of the molecule is CN(Cc1ccc(Cl)s1)C(=O)NCc1ccc(N(C)C)cc1. The maximum absolute atomic E-state index is 12.1. The first-order chi connectivity index (χ1) is 10.5. The molecule has 1 N–H and O–H groups in total. The molecular formula is C16H20ClN3OS. The van der Waals surface area contributed by atoms with E-state index in [0.717, 1.165) is 20.5 Å². The van der Waals surface area contributed by atoms with E-state index in [1.54, 1.807) is 11.9 Å². The van der Waals surface area contributed by atoms with Crippen molar-refractivity contribution in [1.82, 2.24) is 10.2 Å². The highest BCUT2D eigenvalue weighted by Crippen LogP contribution is 2.22. The summed E-state index contributed by atoms with van der Waals surface area (Å²) in [6.45, 7) is 1.07. The van der Waals surface area contributed by atoms with E-state index in [4.69, 9.17) is 11.6 Å². The second kappa shape index (κ2) is 7.51. The van der Waals surface area contributed by atoms with Crippen LogP contribution in [0.1, 0.15) is 10.4 Å². The van der Waals surface area contributed by atoms with Gasteiger partial charge in [0.2, 0.25) is 0 Å². The predicted molar refractivity (Wildman–Crippen MR) is 93.8 cm³/mol. The Morgan fingerprint density at radius 3 is 2.36 bits per heavy atom. The molecule has 0 fully saturated rings. The van der Waals surface area contributed by atoms with Crippen molar-refractivity contribution in [3.05, 3.63) is 51.2 Å². The first-order valence-corrected chi connectivity index (χ1v) is 8.14. The number of hydrogen-bond acceptors (Lipinski definition) is 3. The topological polar surface area (TPSA) is 35.6 Å². The Balaban J connectivity index is 1.83. The van der Waals surface area contributed by atoms with Gasteiger partial charge in [-0.25, -0.2) is 4.79 Å². The fraction of sp³-hybridized carbons (Fsp3) is 0.312. The monoisotopic (exact) mass is 337 g/mol. The highest BCUT2D eigenvalue weighted by Gasteiger charge is 2.10. The van der Waals surface area contributed by atoms with E-state index in [1.807, 2.05) is 55.4 Å². The first-order valence-electron chi connectivity index (χ1n) is 6.95. The molecule has 0 saturated heterocycles. The summed E-state index contributed by atoms with van der Waals surface area (Å²) < 4.78 is 0.741. The molecule has 0 bridgehead atoms. The van der Waals surface area contributed by atoms with Crippen LogP contribution in [-0.2, 0) is 13.1 Å². The first kappa shape index (κ1) is 16.6. The van der Waals surface area contributed by atoms with Crippen molar-refractivity contribution in [1.29, 1.82) is 0 Å². The van der Waals surface area contributed by atoms with Crippen molar-refractivity contribution < 1.29 is 4.79 Å². The minimum absolute atomic E-state index is 0.0961. The standard InChI is InChI=1S/C16H20ClN3OS/c1-19(2)13-6-4-12(5-7-13)10-18-16(21)20(3)11-14-8-9-15(17)22-14/h4-9H,10-11H2,1-3H3,(H,18,21). The molecule has 2 rings (SSSR count). The Labute approximate surface area is 140 Å². The summed E-state index contributed by atoms with van der Waals surface area (Å²) in [4.78, 5) is 16.8. The van der Waals surface area contributed by atoms with Gasteiger partial charge < -0.3 is 15.1 Å². The number of hydrogen-bond donors (Lipinski definition) is 1. The van der Waals surface area contributed by atoms with Gasteiger partial charge in [0.1, 0.15) is 0 Å². The maximum atomic E-state index is 12.1. The van der Waals surface area contributed by atoms with Crippen LogP contribution in [-0.4, -0.2) is 32.1 Å². The van der Waals surface area contributed by atoms with Crippen molar-refractivity contribution in [2.45, 2.75) is 13.1 Å². The van der Waals surface area contributed by atoms with Gasteiger partial charge in [-0.2, -0.15) is 0 Å². The van der Waals surface area contributed by atoms with Gasteiger partial charge in [0.15, 0.2) is 0 Å². The number of amides is 2. The molecule has 0 radical (unpaired) electrons. The van der Waals surface area contributed by atoms with E-state index >= 15 is 0 Å². The average molecular weight is 338 g/mol. The molecule has 1 heterocycles. The molecule has 1 aromatic carbocycles. The third kappa shape index (κ3) is 4.64. The summed E-state index contributed by atoms with van der Waals surface area (Å²) >= 11 is 7.39. The number of nitrogens with one attached hydrogen (secondary N) is 1. The number of anilines is 1. The summed E-state index contributed by atoms with van der Waals surface area (Å²) in [6.07, 6.45) is 0. The second-order valence-electron chi connectivity index (χ2n) is 5.28. The molecular weight excluding hydrogens is 318 g/mol. The molecule has 118 valence electrons. The van der Waals surface area contributed by atoms with Gasteiger partial charge in [-0.1, -0.05) is 23.7 Å². The zero-order chi connectivity index (χ0) is 16.1. The van der Waals surface area contributed by atoms with Crippen molar-refractivity contribution >= 4 is 34.7 Å². The minimum atomic E-state index is -0.0961. The van der Waals surface area contributed by atoms with Crippen LogP contribution in [0.3, 0.4) is 0 Å². The molecule has 0 unspecified atom stereocenters. The Morgan fingerprint density at radius 1 is 1.14 bits per heavy atom. The van der Waals surface area contributed by atoms with Crippen molar-refractivity contribution in [3.63, 3.8) is 0 Å². The normalized spacial score (nSPS) is 10.4. The number of urea groups is 1. The molecule has 0 saturated carbocycles. The van der Waals surface area contributed by atoms with Gasteiger partial charge in [0.25, 0.3) is 0 Å². The Kier molecular flexibility index (Phi) is 5.69. The molecule has 0 atom stereocenters. The highest BCUT2D eigenvalue weighted by atomic mass is 35.5. The Bertz CT molecular complexity index is 625. The fourth-order valence-corrected chi connectivity index (χ4v) is 3.11. The van der Waals surface area contributed by atoms with Crippen LogP contribution in [0.2, 0.25) is 4.34 Å². The van der Waals surface area contributed by atoms with Gasteiger partial charge in [-0.05, 0) is 29.8 Å². The predicted octanol–water partition coefficient (Wildman–Crippen LogP) is 3.81. The van der Waals surface area contributed by atoms with Crippen LogP contribution >= 0.6 is 22.9 Å². The van der Waals surface area contributed by atoms with Gasteiger partial charge in [0.05, 0.1) is 10.9 Å². The van der Waals surface area contributed by atoms with E-state index in [1.165, 1.54) is 11.3 Å². The highest BCUT2D eigenvalue weighted by molar-refractivity contribution is 7.16. The van der Waals surface area contributed by atoms with Crippen molar-refractivity contribution in [3.8, 4) is 0 Å². The van der Waals surface area contributed by atoms with Gasteiger partial charge in [0, 0.05) is 38.3 Å². The molecule has 0 aliphatic carbocycles. The van der Waals surface area contributed by atoms with E-state index in [9.17, 15) is 4.79 Å². The summed E-state index contributed by atoms with van der Waals surface area (Å²) in [6, 6.07) is 11.8. The van der Waals surface area contributed by atoms with Crippen LogP contribution in [0, 0.1) is 0 Å². The Morgan fingerprint density at radius 2 is 1.82 bits per heavy atom. The molecule has 0 spiro atoms. The van der Waals surface area contributed by atoms with Crippen LogP contribution in [0.15, 0.2) is 36.4 Å². The number of halogens is 1. The van der Waals surface area contributed by atoms with Crippen molar-refractivity contribution in [2.24, 2.45) is 0 Å². The van der Waals surface area contributed by atoms with Crippen molar-refractivity contribution in [2.75, 3.05) is 26.0 Å². The van der Waals surface area contributed by atoms with Gasteiger partial charge >= 0.3 is 6.03 Å². The number of rotatable bonds is 5. The molecule has 2 amide bonds. The summed E-state index contributed by atoms with van der Waals surface area (Å²) in [5.74, 6) is 0. The lowest BCUT2D eigenvalue weighted by molar-refractivity contribution is 0.207. The molecule has 1 aromatic heterocycles. The van der Waals surface area contributed by atoms with E-state index in [-0.39, 0.29) is 6.03 Å².